The van der Waals surface area contributed by atoms with Crippen LogP contribution in [0.1, 0.15) is 19.3 Å². The third-order valence-corrected chi connectivity index (χ3v) is 4.11. The summed E-state index contributed by atoms with van der Waals surface area (Å²) in [4.78, 5) is 36.8. The molecule has 2 aliphatic rings. The van der Waals surface area contributed by atoms with E-state index in [2.05, 4.69) is 10.4 Å². The first-order valence-electron chi connectivity index (χ1n) is 6.80. The molecule has 1 aliphatic carbocycles. The van der Waals surface area contributed by atoms with Gasteiger partial charge in [0.1, 0.15) is 11.7 Å². The van der Waals surface area contributed by atoms with Crippen LogP contribution in [-0.2, 0) is 16.1 Å². The number of rotatable bonds is 4. The lowest BCUT2D eigenvalue weighted by atomic mass is 10.2. The molecule has 7 nitrogen and oxygen atoms in total. The number of carbonyl (C=O) groups excluding carboxylic acids is 2. The van der Waals surface area contributed by atoms with E-state index in [1.54, 1.807) is 0 Å². The second-order valence-corrected chi connectivity index (χ2v) is 5.90. The molecule has 0 aromatic carbocycles. The van der Waals surface area contributed by atoms with Crippen LogP contribution in [0, 0.1) is 5.92 Å². The van der Waals surface area contributed by atoms with E-state index in [0.717, 1.165) is 17.7 Å². The predicted octanol–water partition coefficient (Wildman–Crippen LogP) is 0.476. The SMILES string of the molecule is CN1C(=O)CC(Nc2c(Cl)cnn(CC3CC3)c2=O)C1=O. The Morgan fingerprint density at radius 3 is 2.67 bits per heavy atom. The average Bonchev–Trinajstić information content (AvgIpc) is 3.23. The van der Waals surface area contributed by atoms with Crippen LogP contribution in [0.5, 0.6) is 0 Å². The first kappa shape index (κ1) is 14.1. The van der Waals surface area contributed by atoms with Gasteiger partial charge in [-0.05, 0) is 18.8 Å². The minimum atomic E-state index is -0.746. The molecule has 112 valence electrons. The van der Waals surface area contributed by atoms with Crippen molar-refractivity contribution in [2.24, 2.45) is 5.92 Å². The standard InChI is InChI=1S/C13H15ClN4O3/c1-17-10(19)4-9(12(17)20)16-11-8(14)5-15-18(13(11)21)6-7-2-3-7/h5,7,9,16H,2-4,6H2,1H3. The molecule has 1 aromatic rings. The van der Waals surface area contributed by atoms with Crippen molar-refractivity contribution in [1.82, 2.24) is 14.7 Å². The van der Waals surface area contributed by atoms with E-state index in [1.165, 1.54) is 17.9 Å². The van der Waals surface area contributed by atoms with Gasteiger partial charge in [0.2, 0.25) is 5.91 Å². The molecule has 1 unspecified atom stereocenters. The Morgan fingerprint density at radius 1 is 1.38 bits per heavy atom. The topological polar surface area (TPSA) is 84.3 Å². The molecule has 1 aliphatic heterocycles. The van der Waals surface area contributed by atoms with Gasteiger partial charge < -0.3 is 5.32 Å². The number of nitrogens with one attached hydrogen (secondary N) is 1. The van der Waals surface area contributed by atoms with Gasteiger partial charge in [0.15, 0.2) is 0 Å². The maximum Gasteiger partial charge on any atom is 0.291 e. The van der Waals surface area contributed by atoms with E-state index in [4.69, 9.17) is 11.6 Å². The lowest BCUT2D eigenvalue weighted by Gasteiger charge is -2.14. The Morgan fingerprint density at radius 2 is 2.10 bits per heavy atom. The molecule has 1 aromatic heterocycles. The van der Waals surface area contributed by atoms with Crippen molar-refractivity contribution in [3.8, 4) is 0 Å². The molecule has 0 bridgehead atoms. The molecule has 2 fully saturated rings. The first-order valence-corrected chi connectivity index (χ1v) is 7.17. The molecule has 21 heavy (non-hydrogen) atoms. The number of aromatic nitrogens is 2. The summed E-state index contributed by atoms with van der Waals surface area (Å²) in [7, 11) is 1.42. The van der Waals surface area contributed by atoms with Crippen LogP contribution in [-0.4, -0.2) is 39.6 Å². The Hall–Kier alpha value is -1.89. The maximum absolute atomic E-state index is 12.4. The number of hydrogen-bond donors (Lipinski definition) is 1. The van der Waals surface area contributed by atoms with E-state index in [-0.39, 0.29) is 34.5 Å². The van der Waals surface area contributed by atoms with E-state index in [0.29, 0.717) is 12.5 Å². The lowest BCUT2D eigenvalue weighted by Crippen LogP contribution is -2.35. The molecule has 2 heterocycles. The third-order valence-electron chi connectivity index (χ3n) is 3.83. The summed E-state index contributed by atoms with van der Waals surface area (Å²) in [6.45, 7) is 0.558. The zero-order valence-corrected chi connectivity index (χ0v) is 12.3. The molecule has 1 N–H and O–H groups in total. The third kappa shape index (κ3) is 2.65. The predicted molar refractivity (Wildman–Crippen MR) is 76.0 cm³/mol. The number of likely N-dealkylation sites (tertiary alicyclic amines) is 1. The average molecular weight is 311 g/mol. The Balaban J connectivity index is 1.86. The van der Waals surface area contributed by atoms with Crippen molar-refractivity contribution in [1.29, 1.82) is 0 Å². The molecule has 1 atom stereocenters. The van der Waals surface area contributed by atoms with Crippen LogP contribution in [0.4, 0.5) is 5.69 Å². The number of hydrogen-bond acceptors (Lipinski definition) is 5. The maximum atomic E-state index is 12.4. The highest BCUT2D eigenvalue weighted by Crippen LogP contribution is 2.30. The summed E-state index contributed by atoms with van der Waals surface area (Å²) in [5, 5.41) is 6.97. The van der Waals surface area contributed by atoms with Gasteiger partial charge in [-0.1, -0.05) is 11.6 Å². The van der Waals surface area contributed by atoms with Crippen molar-refractivity contribution in [3.63, 3.8) is 0 Å². The minimum Gasteiger partial charge on any atom is -0.367 e. The monoisotopic (exact) mass is 310 g/mol. The Labute approximate surface area is 125 Å². The molecule has 2 amide bonds. The van der Waals surface area contributed by atoms with Gasteiger partial charge in [0.25, 0.3) is 11.5 Å². The van der Waals surface area contributed by atoms with Crippen LogP contribution in [0.15, 0.2) is 11.0 Å². The van der Waals surface area contributed by atoms with Crippen molar-refractivity contribution in [2.75, 3.05) is 12.4 Å². The smallest absolute Gasteiger partial charge is 0.291 e. The molecular formula is C13H15ClN4O3. The summed E-state index contributed by atoms with van der Waals surface area (Å²) in [5.74, 6) is -0.146. The number of likely N-dealkylation sites (N-methyl/N-ethyl adjacent to an activating group) is 1. The minimum absolute atomic E-state index is 0.0239. The second kappa shape index (κ2) is 5.14. The largest absolute Gasteiger partial charge is 0.367 e. The molecule has 8 heteroatoms. The van der Waals surface area contributed by atoms with Crippen molar-refractivity contribution >= 4 is 29.1 Å². The fraction of sp³-hybridized carbons (Fsp3) is 0.538. The van der Waals surface area contributed by atoms with Gasteiger partial charge in [-0.3, -0.25) is 19.3 Å². The van der Waals surface area contributed by atoms with Crippen molar-refractivity contribution in [3.05, 3.63) is 21.6 Å². The summed E-state index contributed by atoms with van der Waals surface area (Å²) in [6.07, 6.45) is 3.61. The highest BCUT2D eigenvalue weighted by molar-refractivity contribution is 6.33. The van der Waals surface area contributed by atoms with Gasteiger partial charge in [-0.15, -0.1) is 0 Å². The fourth-order valence-corrected chi connectivity index (χ4v) is 2.50. The number of halogens is 1. The molecule has 3 rings (SSSR count). The number of anilines is 1. The van der Waals surface area contributed by atoms with Crippen molar-refractivity contribution < 1.29 is 9.59 Å². The van der Waals surface area contributed by atoms with Crippen LogP contribution in [0.3, 0.4) is 0 Å². The molecule has 1 saturated heterocycles. The highest BCUT2D eigenvalue weighted by atomic mass is 35.5. The Kier molecular flexibility index (Phi) is 3.44. The Bertz CT molecular complexity index is 668. The second-order valence-electron chi connectivity index (χ2n) is 5.49. The number of amides is 2. The van der Waals surface area contributed by atoms with Crippen LogP contribution >= 0.6 is 11.6 Å². The molecule has 0 radical (unpaired) electrons. The van der Waals surface area contributed by atoms with Crippen LogP contribution in [0.2, 0.25) is 5.02 Å². The summed E-state index contributed by atoms with van der Waals surface area (Å²) in [6, 6.07) is -0.746. The van der Waals surface area contributed by atoms with Gasteiger partial charge in [-0.2, -0.15) is 5.10 Å². The van der Waals surface area contributed by atoms with E-state index < -0.39 is 6.04 Å². The molecule has 1 saturated carbocycles. The van der Waals surface area contributed by atoms with E-state index in [9.17, 15) is 14.4 Å². The summed E-state index contributed by atoms with van der Waals surface area (Å²) in [5.41, 5.74) is -0.224. The number of nitrogens with zero attached hydrogens (tertiary/aromatic N) is 3. The van der Waals surface area contributed by atoms with Gasteiger partial charge in [-0.25, -0.2) is 4.68 Å². The fourth-order valence-electron chi connectivity index (χ4n) is 2.32. The lowest BCUT2D eigenvalue weighted by molar-refractivity contribution is -0.136. The molecule has 0 spiro atoms. The molecular weight excluding hydrogens is 296 g/mol. The summed E-state index contributed by atoms with van der Waals surface area (Å²) < 4.78 is 1.36. The van der Waals surface area contributed by atoms with Gasteiger partial charge in [0.05, 0.1) is 17.6 Å². The number of carbonyl (C=O) groups is 2. The zero-order valence-electron chi connectivity index (χ0n) is 11.5. The van der Waals surface area contributed by atoms with E-state index in [1.807, 2.05) is 0 Å². The number of imide groups is 1. The first-order chi connectivity index (χ1) is 9.97. The van der Waals surface area contributed by atoms with E-state index >= 15 is 0 Å². The van der Waals surface area contributed by atoms with Gasteiger partial charge in [0, 0.05) is 13.6 Å². The van der Waals surface area contributed by atoms with Gasteiger partial charge >= 0.3 is 0 Å². The van der Waals surface area contributed by atoms with Crippen molar-refractivity contribution in [2.45, 2.75) is 31.8 Å². The summed E-state index contributed by atoms with van der Waals surface area (Å²) >= 11 is 6.00. The van der Waals surface area contributed by atoms with Crippen LogP contribution in [0.25, 0.3) is 0 Å². The zero-order chi connectivity index (χ0) is 15.1. The van der Waals surface area contributed by atoms with Crippen LogP contribution < -0.4 is 10.9 Å². The normalized spacial score (nSPS) is 22.0. The quantitative estimate of drug-likeness (QED) is 0.818. The highest BCUT2D eigenvalue weighted by Gasteiger charge is 2.37.